The van der Waals surface area contributed by atoms with Gasteiger partial charge in [-0.2, -0.15) is 0 Å². The van der Waals surface area contributed by atoms with Crippen molar-refractivity contribution in [2.45, 2.75) is 125 Å². The van der Waals surface area contributed by atoms with Crippen molar-refractivity contribution in [1.29, 1.82) is 0 Å². The summed E-state index contributed by atoms with van der Waals surface area (Å²) in [4.78, 5) is 78.8. The maximum Gasteiger partial charge on any atom is 0.237 e. The van der Waals surface area contributed by atoms with Gasteiger partial charge in [0, 0.05) is 40.4 Å². The van der Waals surface area contributed by atoms with Crippen LogP contribution in [0.25, 0.3) is 11.1 Å². The van der Waals surface area contributed by atoms with Crippen LogP contribution < -0.4 is 36.6 Å². The van der Waals surface area contributed by atoms with E-state index in [9.17, 15) is 74.7 Å². The zero-order chi connectivity index (χ0) is 70.7. The number of carbonyl (C=O) groups is 6. The monoisotopic (exact) mass is 1390 g/mol. The van der Waals surface area contributed by atoms with Gasteiger partial charge in [0.15, 0.2) is 18.9 Å². The van der Waals surface area contributed by atoms with Crippen molar-refractivity contribution in [3.63, 3.8) is 0 Å². The molecule has 2 aromatic rings. The van der Waals surface area contributed by atoms with Gasteiger partial charge >= 0.3 is 0 Å². The number of nitrogens with zero attached hydrogens (tertiary/aromatic N) is 1. The SMILES string of the molecule is COc1ccc(-c2ccc(CC(C(=O)NCCOCCOCCOC3OC(CO)C(O)C(O)C3NC(C)=O)N(CC(=O)NCCOCCOCCOC3OC(CO)C(O)C(O)C3NC(C)=O)CC(=O)NCCOCCOCCOC3OC(CO)C(O)C(O)C3NC(C)=O)cc2)cc1. The van der Waals surface area contributed by atoms with Crippen molar-refractivity contribution in [3.8, 4) is 16.9 Å². The molecule has 3 saturated heterocycles. The van der Waals surface area contributed by atoms with Crippen molar-refractivity contribution in [3.05, 3.63) is 54.1 Å². The number of aliphatic hydroxyl groups excluding tert-OH is 9. The third-order valence-corrected chi connectivity index (χ3v) is 15.3. The molecule has 3 fully saturated rings. The molecule has 16 unspecified atom stereocenters. The highest BCUT2D eigenvalue weighted by atomic mass is 16.7. The smallest absolute Gasteiger partial charge is 0.237 e. The summed E-state index contributed by atoms with van der Waals surface area (Å²) in [5.74, 6) is -2.44. The molecule has 15 N–H and O–H groups in total. The molecule has 0 spiro atoms. The van der Waals surface area contributed by atoms with E-state index in [0.29, 0.717) is 11.3 Å². The summed E-state index contributed by atoms with van der Waals surface area (Å²) >= 11 is 0. The van der Waals surface area contributed by atoms with Gasteiger partial charge in [-0.25, -0.2) is 0 Å². The summed E-state index contributed by atoms with van der Waals surface area (Å²) in [6, 6.07) is 10.5. The number of methoxy groups -OCH3 is 1. The number of carbonyl (C=O) groups excluding carboxylic acids is 6. The Balaban J connectivity index is 1.15. The van der Waals surface area contributed by atoms with Crippen LogP contribution >= 0.6 is 0 Å². The molecule has 5 rings (SSSR count). The van der Waals surface area contributed by atoms with Gasteiger partial charge in [-0.3, -0.25) is 33.7 Å². The molecule has 97 heavy (non-hydrogen) atoms. The molecule has 0 saturated carbocycles. The van der Waals surface area contributed by atoms with Gasteiger partial charge in [-0.15, -0.1) is 0 Å². The Hall–Kier alpha value is -5.82. The highest BCUT2D eigenvalue weighted by molar-refractivity contribution is 5.86. The lowest BCUT2D eigenvalue weighted by molar-refractivity contribution is -0.272. The number of benzene rings is 2. The van der Waals surface area contributed by atoms with Gasteiger partial charge in [0.2, 0.25) is 35.4 Å². The fraction of sp³-hybridized carbons (Fsp3) is 0.710. The van der Waals surface area contributed by atoms with Gasteiger partial charge in [-0.1, -0.05) is 36.4 Å². The van der Waals surface area contributed by atoms with Gasteiger partial charge in [0.25, 0.3) is 0 Å². The van der Waals surface area contributed by atoms with E-state index >= 15 is 0 Å². The molecule has 2 aromatic carbocycles. The Labute approximate surface area is 561 Å². The van der Waals surface area contributed by atoms with Gasteiger partial charge in [0.05, 0.1) is 145 Å². The summed E-state index contributed by atoms with van der Waals surface area (Å²) < 4.78 is 72.8. The van der Waals surface area contributed by atoms with Crippen LogP contribution in [0.15, 0.2) is 48.5 Å². The van der Waals surface area contributed by atoms with Crippen LogP contribution in [0.3, 0.4) is 0 Å². The van der Waals surface area contributed by atoms with Crippen LogP contribution in [0.5, 0.6) is 5.75 Å². The second kappa shape index (κ2) is 45.0. The van der Waals surface area contributed by atoms with Gasteiger partial charge < -0.3 is 139 Å². The second-order valence-corrected chi connectivity index (χ2v) is 22.6. The maximum atomic E-state index is 14.4. The molecule has 3 aliphatic rings. The van der Waals surface area contributed by atoms with Crippen molar-refractivity contribution in [2.24, 2.45) is 0 Å². The summed E-state index contributed by atoms with van der Waals surface area (Å²) in [5, 5.41) is 107. The predicted octanol–water partition coefficient (Wildman–Crippen LogP) is -7.10. The van der Waals surface area contributed by atoms with E-state index in [4.69, 9.17) is 61.6 Å². The number of rotatable bonds is 46. The minimum absolute atomic E-state index is 0.00931. The molecule has 550 valence electrons. The molecule has 0 bridgehead atoms. The van der Waals surface area contributed by atoms with Crippen molar-refractivity contribution >= 4 is 35.4 Å². The summed E-state index contributed by atoms with van der Waals surface area (Å²) in [6.07, 6.45) is -15.8. The molecule has 35 heteroatoms. The first-order chi connectivity index (χ1) is 46.7. The Morgan fingerprint density at radius 2 is 0.742 bits per heavy atom. The van der Waals surface area contributed by atoms with Crippen molar-refractivity contribution in [1.82, 2.24) is 36.8 Å². The molecule has 35 nitrogen and oxygen atoms in total. The molecule has 0 aromatic heterocycles. The van der Waals surface area contributed by atoms with E-state index < -0.39 is 166 Å². The summed E-state index contributed by atoms with van der Waals surface area (Å²) in [5.41, 5.74) is 2.48. The zero-order valence-corrected chi connectivity index (χ0v) is 55.1. The van der Waals surface area contributed by atoms with Crippen LogP contribution in [0, 0.1) is 0 Å². The van der Waals surface area contributed by atoms with Crippen LogP contribution in [0.4, 0.5) is 0 Å². The van der Waals surface area contributed by atoms with Crippen LogP contribution in [-0.2, 0) is 92.0 Å². The minimum atomic E-state index is -1.48. The average Bonchev–Trinajstić information content (AvgIpc) is 0.835. The maximum absolute atomic E-state index is 14.4. The van der Waals surface area contributed by atoms with Gasteiger partial charge in [0.1, 0.15) is 78.8 Å². The Morgan fingerprint density at radius 1 is 0.433 bits per heavy atom. The predicted molar refractivity (Wildman–Crippen MR) is 335 cm³/mol. The Bertz CT molecular complexity index is 2520. The van der Waals surface area contributed by atoms with Crippen LogP contribution in [0.2, 0.25) is 0 Å². The number of amides is 6. The normalized spacial score (nSPS) is 26.0. The first-order valence-corrected chi connectivity index (χ1v) is 32.0. The fourth-order valence-electron chi connectivity index (χ4n) is 10.3. The summed E-state index contributed by atoms with van der Waals surface area (Å²) in [6.45, 7) is 1.71. The number of aliphatic hydroxyl groups is 9. The molecule has 0 radical (unpaired) electrons. The van der Waals surface area contributed by atoms with Crippen molar-refractivity contribution in [2.75, 3.05) is 159 Å². The molecule has 3 aliphatic heterocycles. The quantitative estimate of drug-likeness (QED) is 0.0274. The third-order valence-electron chi connectivity index (χ3n) is 15.3. The van der Waals surface area contributed by atoms with E-state index in [1.54, 1.807) is 7.11 Å². The Morgan fingerprint density at radius 3 is 1.06 bits per heavy atom. The minimum Gasteiger partial charge on any atom is -0.497 e. The zero-order valence-electron chi connectivity index (χ0n) is 55.1. The average molecular weight is 1390 g/mol. The lowest BCUT2D eigenvalue weighted by atomic mass is 9.97. The van der Waals surface area contributed by atoms with Gasteiger partial charge in [-0.05, 0) is 35.2 Å². The lowest BCUT2D eigenvalue weighted by Crippen LogP contribution is -2.64. The topological polar surface area (TPSA) is 480 Å². The third kappa shape index (κ3) is 28.4. The second-order valence-electron chi connectivity index (χ2n) is 22.6. The highest BCUT2D eigenvalue weighted by Gasteiger charge is 2.48. The largest absolute Gasteiger partial charge is 0.497 e. The standard InChI is InChI=1S/C62H99N7O28/c1-37(73)66-50-56(81)53(78)45(34-70)95-60(50)92-28-25-89-22-19-86-16-13-63-48(76)32-69(33-49(77)64-14-17-87-20-23-90-26-29-93-61-51(67-38(2)74)57(82)54(79)46(35-71)96-61)44(31-40-5-7-41(8-6-40)42-9-11-43(85-4)12-10-42)59(84)65-15-18-88-21-24-91-27-30-94-62-52(68-39(3)75)58(83)55(80)47(36-72)97-62/h5-12,44-47,50-58,60-62,70-72,78-83H,13-36H2,1-4H3,(H,63,76)(H,64,77)(H,65,84)(H,66,73)(H,67,74)(H,68,75). The van der Waals surface area contributed by atoms with Crippen LogP contribution in [-0.4, -0.2) is 343 Å². The molecular formula is C62H99N7O28. The van der Waals surface area contributed by atoms with Crippen molar-refractivity contribution < 1.29 is 136 Å². The molecular weight excluding hydrogens is 1290 g/mol. The number of hydrogen-bond acceptors (Lipinski definition) is 29. The van der Waals surface area contributed by atoms with E-state index in [1.807, 2.05) is 48.5 Å². The number of ether oxygens (including phenoxy) is 13. The number of hydrogen-bond donors (Lipinski definition) is 15. The first kappa shape index (κ1) is 81.9. The van der Waals surface area contributed by atoms with E-state index in [0.717, 1.165) is 11.1 Å². The highest BCUT2D eigenvalue weighted by Crippen LogP contribution is 2.27. The summed E-state index contributed by atoms with van der Waals surface area (Å²) in [7, 11) is 1.57. The molecule has 0 aliphatic carbocycles. The van der Waals surface area contributed by atoms with Crippen LogP contribution in [0.1, 0.15) is 26.3 Å². The molecule has 6 amide bonds. The lowest BCUT2D eigenvalue weighted by Gasteiger charge is -2.42. The Kier molecular flexibility index (Phi) is 38.0. The molecule has 3 heterocycles. The fourth-order valence-corrected chi connectivity index (χ4v) is 10.3. The van der Waals surface area contributed by atoms with E-state index in [-0.39, 0.29) is 125 Å². The van der Waals surface area contributed by atoms with E-state index in [2.05, 4.69) is 31.9 Å². The first-order valence-electron chi connectivity index (χ1n) is 32.0. The number of nitrogens with one attached hydrogen (secondary N) is 6. The molecule has 16 atom stereocenters. The van der Waals surface area contributed by atoms with E-state index in [1.165, 1.54) is 25.7 Å².